The predicted molar refractivity (Wildman–Crippen MR) is 118 cm³/mol. The highest BCUT2D eigenvalue weighted by Crippen LogP contribution is 2.11. The first-order chi connectivity index (χ1) is 15.9. The minimum absolute atomic E-state index is 0.107. The summed E-state index contributed by atoms with van der Waals surface area (Å²) in [7, 11) is 0. The average Bonchev–Trinajstić information content (AvgIpc) is 2.82. The molecular formula is C20H42N2O12. The maximum absolute atomic E-state index is 11.2. The number of carbonyl (C=O) groups is 1. The number of carboxylic acids is 1. The second-order valence-electron chi connectivity index (χ2n) is 8.34. The number of aliphatic hydroxyl groups excluding tert-OH is 10. The van der Waals surface area contributed by atoms with Crippen molar-refractivity contribution in [1.82, 2.24) is 10.2 Å². The molecule has 0 spiro atoms. The van der Waals surface area contributed by atoms with Gasteiger partial charge < -0.3 is 61.5 Å². The summed E-state index contributed by atoms with van der Waals surface area (Å²) in [6.07, 6.45) is -12.9. The topological polar surface area (TPSA) is 255 Å². The molecule has 0 aromatic heterocycles. The number of nitrogens with zero attached hydrogens (tertiary/aromatic N) is 1. The summed E-state index contributed by atoms with van der Waals surface area (Å²) >= 11 is 0. The standard InChI is InChI=1S/C20H42N2O12/c1-2-4-11(20(33)34)21-5-3-6-22(7-12(25)16(29)18(31)14(27)9-23)8-13(26)17(30)19(32)15(28)10-24/h11-19,21,23-32H,2-10H2,1H3,(H,33,34)/t11-,12-,13-,14+,15+,16+,17+,18+,19+/m0/s1. The number of rotatable bonds is 20. The first kappa shape index (κ1) is 33.0. The lowest BCUT2D eigenvalue weighted by Crippen LogP contribution is -2.53. The summed E-state index contributed by atoms with van der Waals surface area (Å²) in [6.45, 7) is -0.300. The molecular weight excluding hydrogens is 460 g/mol. The van der Waals surface area contributed by atoms with Gasteiger partial charge in [0.1, 0.15) is 42.7 Å². The van der Waals surface area contributed by atoms with Crippen molar-refractivity contribution in [3.8, 4) is 0 Å². The van der Waals surface area contributed by atoms with Gasteiger partial charge >= 0.3 is 5.97 Å². The number of carboxylic acid groups (broad SMARTS) is 1. The Hall–Kier alpha value is -1.01. The summed E-state index contributed by atoms with van der Waals surface area (Å²) in [6, 6.07) is -0.761. The van der Waals surface area contributed by atoms with E-state index in [0.29, 0.717) is 19.3 Å². The Morgan fingerprint density at radius 2 is 1.18 bits per heavy atom. The second-order valence-corrected chi connectivity index (χ2v) is 8.34. The van der Waals surface area contributed by atoms with Crippen molar-refractivity contribution in [1.29, 1.82) is 0 Å². The van der Waals surface area contributed by atoms with Crippen LogP contribution in [0.5, 0.6) is 0 Å². The van der Waals surface area contributed by atoms with Gasteiger partial charge in [0.2, 0.25) is 0 Å². The van der Waals surface area contributed by atoms with E-state index in [9.17, 15) is 50.8 Å². The highest BCUT2D eigenvalue weighted by Gasteiger charge is 2.34. The third-order valence-electron chi connectivity index (χ3n) is 5.46. The summed E-state index contributed by atoms with van der Waals surface area (Å²) in [5.74, 6) is -1.01. The Labute approximate surface area is 198 Å². The highest BCUT2D eigenvalue weighted by molar-refractivity contribution is 5.73. The minimum Gasteiger partial charge on any atom is -0.480 e. The molecule has 0 aromatic carbocycles. The lowest BCUT2D eigenvalue weighted by atomic mass is 10.0. The molecule has 0 saturated carbocycles. The first-order valence-corrected chi connectivity index (χ1v) is 11.3. The normalized spacial score (nSPS) is 20.2. The summed E-state index contributed by atoms with van der Waals surface area (Å²) in [5.41, 5.74) is 0. The van der Waals surface area contributed by atoms with E-state index >= 15 is 0 Å². The third kappa shape index (κ3) is 11.6. The number of hydrogen-bond acceptors (Lipinski definition) is 13. The smallest absolute Gasteiger partial charge is 0.320 e. The molecule has 0 rings (SSSR count). The van der Waals surface area contributed by atoms with E-state index in [0.717, 1.165) is 0 Å². The van der Waals surface area contributed by atoms with Crippen molar-refractivity contribution >= 4 is 5.97 Å². The van der Waals surface area contributed by atoms with Gasteiger partial charge in [0.25, 0.3) is 0 Å². The number of hydrogen-bond donors (Lipinski definition) is 12. The van der Waals surface area contributed by atoms with Crippen molar-refractivity contribution in [2.75, 3.05) is 39.4 Å². The molecule has 14 heteroatoms. The van der Waals surface area contributed by atoms with E-state index in [1.807, 2.05) is 6.92 Å². The van der Waals surface area contributed by atoms with Crippen molar-refractivity contribution < 1.29 is 61.0 Å². The zero-order chi connectivity index (χ0) is 26.4. The Kier molecular flexibility index (Phi) is 16.9. The van der Waals surface area contributed by atoms with E-state index in [1.165, 1.54) is 4.90 Å². The van der Waals surface area contributed by atoms with Gasteiger partial charge in [-0.05, 0) is 25.9 Å². The molecule has 0 aliphatic heterocycles. The van der Waals surface area contributed by atoms with Crippen molar-refractivity contribution in [3.05, 3.63) is 0 Å². The van der Waals surface area contributed by atoms with Gasteiger partial charge in [-0.25, -0.2) is 0 Å². The molecule has 0 aromatic rings. The van der Waals surface area contributed by atoms with Gasteiger partial charge in [0.15, 0.2) is 0 Å². The van der Waals surface area contributed by atoms with Crippen LogP contribution in [0.2, 0.25) is 0 Å². The quantitative estimate of drug-likeness (QED) is 0.0693. The van der Waals surface area contributed by atoms with Crippen LogP contribution in [0, 0.1) is 0 Å². The zero-order valence-electron chi connectivity index (χ0n) is 19.3. The molecule has 204 valence electrons. The van der Waals surface area contributed by atoms with Crippen LogP contribution in [0.15, 0.2) is 0 Å². The average molecular weight is 503 g/mol. The van der Waals surface area contributed by atoms with Crippen LogP contribution >= 0.6 is 0 Å². The number of aliphatic carboxylic acids is 1. The van der Waals surface area contributed by atoms with E-state index in [1.54, 1.807) is 0 Å². The maximum atomic E-state index is 11.2. The predicted octanol–water partition coefficient (Wildman–Crippen LogP) is -5.61. The molecule has 0 aliphatic carbocycles. The lowest BCUT2D eigenvalue weighted by Gasteiger charge is -2.33. The van der Waals surface area contributed by atoms with Crippen LogP contribution in [-0.2, 0) is 4.79 Å². The SMILES string of the molecule is CCC[C@H](NCCCN(C[C@H](O)[C@@H](O)[C@H](O)[C@H](O)CO)C[C@H](O)[C@@H](O)[C@H](O)[C@H](O)CO)C(=O)O. The van der Waals surface area contributed by atoms with Crippen LogP contribution in [0.1, 0.15) is 26.2 Å². The molecule has 0 fully saturated rings. The maximum Gasteiger partial charge on any atom is 0.320 e. The molecule has 9 atom stereocenters. The lowest BCUT2D eigenvalue weighted by molar-refractivity contribution is -0.139. The molecule has 34 heavy (non-hydrogen) atoms. The van der Waals surface area contributed by atoms with E-state index < -0.39 is 74.1 Å². The molecule has 14 nitrogen and oxygen atoms in total. The fourth-order valence-corrected chi connectivity index (χ4v) is 3.31. The molecule has 0 radical (unpaired) electrons. The third-order valence-corrected chi connectivity index (χ3v) is 5.46. The number of nitrogens with one attached hydrogen (secondary N) is 1. The zero-order valence-corrected chi connectivity index (χ0v) is 19.3. The second kappa shape index (κ2) is 17.4. The Morgan fingerprint density at radius 3 is 1.53 bits per heavy atom. The van der Waals surface area contributed by atoms with Gasteiger partial charge in [0.05, 0.1) is 25.4 Å². The van der Waals surface area contributed by atoms with Gasteiger partial charge in [-0.3, -0.25) is 9.69 Å². The molecule has 12 N–H and O–H groups in total. The highest BCUT2D eigenvalue weighted by atomic mass is 16.4. The molecule has 0 amide bonds. The van der Waals surface area contributed by atoms with E-state index in [4.69, 9.17) is 10.2 Å². The van der Waals surface area contributed by atoms with Crippen LogP contribution in [0.4, 0.5) is 0 Å². The van der Waals surface area contributed by atoms with E-state index in [2.05, 4.69) is 5.32 Å². The summed E-state index contributed by atoms with van der Waals surface area (Å²) in [4.78, 5) is 12.6. The fraction of sp³-hybridized carbons (Fsp3) is 0.950. The van der Waals surface area contributed by atoms with Crippen molar-refractivity contribution in [2.24, 2.45) is 0 Å². The molecule has 0 aliphatic rings. The van der Waals surface area contributed by atoms with Gasteiger partial charge in [-0.1, -0.05) is 13.3 Å². The van der Waals surface area contributed by atoms with E-state index in [-0.39, 0.29) is 26.2 Å². The molecule has 0 bridgehead atoms. The molecule has 0 unspecified atom stereocenters. The minimum atomic E-state index is -1.87. The van der Waals surface area contributed by atoms with Gasteiger partial charge in [0, 0.05) is 13.1 Å². The Balaban J connectivity index is 5.18. The van der Waals surface area contributed by atoms with Crippen LogP contribution < -0.4 is 5.32 Å². The number of aliphatic hydroxyl groups is 10. The Morgan fingerprint density at radius 1 is 0.765 bits per heavy atom. The summed E-state index contributed by atoms with van der Waals surface area (Å²) in [5, 5.41) is 109. The van der Waals surface area contributed by atoms with Gasteiger partial charge in [-0.2, -0.15) is 0 Å². The van der Waals surface area contributed by atoms with Crippen molar-refractivity contribution in [2.45, 2.75) is 81.1 Å². The van der Waals surface area contributed by atoms with Crippen LogP contribution in [0.25, 0.3) is 0 Å². The molecule has 0 saturated heterocycles. The van der Waals surface area contributed by atoms with Gasteiger partial charge in [-0.15, -0.1) is 0 Å². The first-order valence-electron chi connectivity index (χ1n) is 11.3. The van der Waals surface area contributed by atoms with Crippen molar-refractivity contribution in [3.63, 3.8) is 0 Å². The molecule has 0 heterocycles. The fourth-order valence-electron chi connectivity index (χ4n) is 3.31. The van der Waals surface area contributed by atoms with Crippen LogP contribution in [0.3, 0.4) is 0 Å². The monoisotopic (exact) mass is 502 g/mol. The largest absolute Gasteiger partial charge is 0.480 e. The summed E-state index contributed by atoms with van der Waals surface area (Å²) < 4.78 is 0. The Bertz CT molecular complexity index is 516. The van der Waals surface area contributed by atoms with Crippen LogP contribution in [-0.4, -0.2) is 161 Å².